The molecule has 5 nitrogen and oxygen atoms in total. The molecule has 0 aliphatic carbocycles. The lowest BCUT2D eigenvalue weighted by Gasteiger charge is -2.13. The number of rotatable bonds is 4. The summed E-state index contributed by atoms with van der Waals surface area (Å²) in [7, 11) is 0. The molecule has 4 N–H and O–H groups in total. The zero-order chi connectivity index (χ0) is 16.4. The van der Waals surface area contributed by atoms with Gasteiger partial charge in [-0.2, -0.15) is 0 Å². The number of nitrogens with two attached hydrogens (primary N) is 1. The number of para-hydroxylation sites is 1. The van der Waals surface area contributed by atoms with Crippen LogP contribution in [-0.4, -0.2) is 27.7 Å². The second-order valence-electron chi connectivity index (χ2n) is 5.79. The Bertz CT molecular complexity index is 846. The molecule has 0 saturated heterocycles. The average molecular weight is 308 g/mol. The van der Waals surface area contributed by atoms with Gasteiger partial charge in [0, 0.05) is 18.0 Å². The quantitative estimate of drug-likeness (QED) is 0.690. The van der Waals surface area contributed by atoms with Crippen molar-refractivity contribution in [3.63, 3.8) is 0 Å². The number of benzene rings is 2. The van der Waals surface area contributed by atoms with Crippen molar-refractivity contribution in [3.05, 3.63) is 48.0 Å². The average Bonchev–Trinajstić information content (AvgIpc) is 2.54. The number of aromatic nitrogens is 2. The molecular weight excluding hydrogens is 288 g/mol. The van der Waals surface area contributed by atoms with Gasteiger partial charge >= 0.3 is 0 Å². The van der Waals surface area contributed by atoms with E-state index in [1.165, 1.54) is 0 Å². The Morgan fingerprint density at radius 1 is 1.17 bits per heavy atom. The molecule has 1 unspecified atom stereocenters. The summed E-state index contributed by atoms with van der Waals surface area (Å²) in [4.78, 5) is 9.20. The van der Waals surface area contributed by atoms with Gasteiger partial charge < -0.3 is 16.2 Å². The first-order valence-electron chi connectivity index (χ1n) is 7.61. The topological polar surface area (TPSA) is 84.1 Å². The summed E-state index contributed by atoms with van der Waals surface area (Å²) in [5.41, 5.74) is 8.32. The summed E-state index contributed by atoms with van der Waals surface area (Å²) in [5, 5.41) is 14.4. The predicted octanol–water partition coefficient (Wildman–Crippen LogP) is 3.07. The number of phenolic OH excluding ortho intramolecular Hbond substituents is 1. The maximum Gasteiger partial charge on any atom is 0.165 e. The summed E-state index contributed by atoms with van der Waals surface area (Å²) in [5.74, 6) is 1.39. The van der Waals surface area contributed by atoms with Crippen LogP contribution in [0.15, 0.2) is 42.5 Å². The van der Waals surface area contributed by atoms with Crippen LogP contribution >= 0.6 is 0 Å². The first-order chi connectivity index (χ1) is 11.0. The molecule has 118 valence electrons. The molecule has 0 fully saturated rings. The van der Waals surface area contributed by atoms with Crippen LogP contribution in [-0.2, 0) is 0 Å². The molecule has 23 heavy (non-hydrogen) atoms. The molecule has 0 aliphatic rings. The molecule has 0 amide bonds. The minimum Gasteiger partial charge on any atom is -0.507 e. The number of phenols is 1. The number of hydrogen-bond donors (Lipinski definition) is 3. The fraction of sp³-hybridized carbons (Fsp3) is 0.222. The van der Waals surface area contributed by atoms with Gasteiger partial charge in [-0.15, -0.1) is 0 Å². The molecular formula is C18H20N4O. The lowest BCUT2D eigenvalue weighted by molar-refractivity contribution is 0.477. The van der Waals surface area contributed by atoms with Crippen molar-refractivity contribution >= 4 is 16.7 Å². The van der Waals surface area contributed by atoms with Gasteiger partial charge in [-0.3, -0.25) is 0 Å². The standard InChI is InChI=1S/C18H20N4O/c1-11-7-8-16(23)14(9-11)18-21-15-6-4-3-5-13(15)17(22-18)20-10-12(2)19/h3-9,12,23H,10,19H2,1-2H3,(H,20,21,22). The maximum absolute atomic E-state index is 10.1. The second kappa shape index (κ2) is 6.22. The Hall–Kier alpha value is -2.66. The zero-order valence-electron chi connectivity index (χ0n) is 13.2. The molecule has 0 spiro atoms. The highest BCUT2D eigenvalue weighted by molar-refractivity contribution is 5.90. The van der Waals surface area contributed by atoms with Crippen LogP contribution in [0.3, 0.4) is 0 Å². The van der Waals surface area contributed by atoms with Crippen LogP contribution in [0, 0.1) is 6.92 Å². The second-order valence-corrected chi connectivity index (χ2v) is 5.79. The Morgan fingerprint density at radius 2 is 1.96 bits per heavy atom. The van der Waals surface area contributed by atoms with E-state index >= 15 is 0 Å². The largest absolute Gasteiger partial charge is 0.507 e. The van der Waals surface area contributed by atoms with Crippen molar-refractivity contribution in [2.24, 2.45) is 5.73 Å². The molecule has 0 bridgehead atoms. The fourth-order valence-corrected chi connectivity index (χ4v) is 2.42. The van der Waals surface area contributed by atoms with E-state index in [9.17, 15) is 5.11 Å². The minimum atomic E-state index is 0.0135. The molecule has 0 saturated carbocycles. The van der Waals surface area contributed by atoms with Gasteiger partial charge in [0.1, 0.15) is 11.6 Å². The SMILES string of the molecule is Cc1ccc(O)c(-c2nc(NCC(C)N)c3ccccc3n2)c1. The van der Waals surface area contributed by atoms with Crippen molar-refractivity contribution < 1.29 is 5.11 Å². The molecule has 5 heteroatoms. The van der Waals surface area contributed by atoms with E-state index in [0.717, 1.165) is 22.3 Å². The van der Waals surface area contributed by atoms with Gasteiger partial charge in [0.15, 0.2) is 5.82 Å². The third kappa shape index (κ3) is 3.24. The number of nitrogens with one attached hydrogen (secondary N) is 1. The molecule has 1 heterocycles. The summed E-state index contributed by atoms with van der Waals surface area (Å²) < 4.78 is 0. The molecule has 1 atom stereocenters. The third-order valence-electron chi connectivity index (χ3n) is 3.59. The van der Waals surface area contributed by atoms with Gasteiger partial charge in [-0.05, 0) is 38.1 Å². The van der Waals surface area contributed by atoms with Gasteiger partial charge in [-0.25, -0.2) is 9.97 Å². The Balaban J connectivity index is 2.16. The van der Waals surface area contributed by atoms with Crippen molar-refractivity contribution in [1.29, 1.82) is 0 Å². The smallest absolute Gasteiger partial charge is 0.165 e. The first-order valence-corrected chi connectivity index (χ1v) is 7.61. The van der Waals surface area contributed by atoms with Crippen LogP contribution in [0.25, 0.3) is 22.3 Å². The molecule has 0 aliphatic heterocycles. The highest BCUT2D eigenvalue weighted by Gasteiger charge is 2.12. The van der Waals surface area contributed by atoms with E-state index in [1.807, 2.05) is 50.2 Å². The van der Waals surface area contributed by atoms with Crippen molar-refractivity contribution in [2.45, 2.75) is 19.9 Å². The number of nitrogens with zero attached hydrogens (tertiary/aromatic N) is 2. The molecule has 1 aromatic heterocycles. The molecule has 3 aromatic rings. The fourth-order valence-electron chi connectivity index (χ4n) is 2.42. The van der Waals surface area contributed by atoms with E-state index < -0.39 is 0 Å². The van der Waals surface area contributed by atoms with E-state index in [4.69, 9.17) is 5.73 Å². The first kappa shape index (κ1) is 15.2. The third-order valence-corrected chi connectivity index (χ3v) is 3.59. The summed E-state index contributed by atoms with van der Waals surface area (Å²) in [6.45, 7) is 4.52. The Labute approximate surface area is 135 Å². The normalized spacial score (nSPS) is 12.3. The Morgan fingerprint density at radius 3 is 2.74 bits per heavy atom. The summed E-state index contributed by atoms with van der Waals surface area (Å²) in [6, 6.07) is 13.2. The van der Waals surface area contributed by atoms with Crippen molar-refractivity contribution in [1.82, 2.24) is 9.97 Å². The van der Waals surface area contributed by atoms with Gasteiger partial charge in [-0.1, -0.05) is 23.8 Å². The van der Waals surface area contributed by atoms with E-state index in [0.29, 0.717) is 17.9 Å². The van der Waals surface area contributed by atoms with Gasteiger partial charge in [0.25, 0.3) is 0 Å². The Kier molecular flexibility index (Phi) is 4.12. The van der Waals surface area contributed by atoms with E-state index in [-0.39, 0.29) is 11.8 Å². The monoisotopic (exact) mass is 308 g/mol. The van der Waals surface area contributed by atoms with Crippen molar-refractivity contribution in [3.8, 4) is 17.1 Å². The maximum atomic E-state index is 10.1. The minimum absolute atomic E-state index is 0.0135. The van der Waals surface area contributed by atoms with Gasteiger partial charge in [0.2, 0.25) is 0 Å². The van der Waals surface area contributed by atoms with Crippen LogP contribution in [0.1, 0.15) is 12.5 Å². The number of hydrogen-bond acceptors (Lipinski definition) is 5. The zero-order valence-corrected chi connectivity index (χ0v) is 13.2. The van der Waals surface area contributed by atoms with Crippen molar-refractivity contribution in [2.75, 3.05) is 11.9 Å². The van der Waals surface area contributed by atoms with Crippen LogP contribution < -0.4 is 11.1 Å². The highest BCUT2D eigenvalue weighted by Crippen LogP contribution is 2.30. The van der Waals surface area contributed by atoms with E-state index in [1.54, 1.807) is 6.07 Å². The lowest BCUT2D eigenvalue weighted by Crippen LogP contribution is -2.25. The van der Waals surface area contributed by atoms with Gasteiger partial charge in [0.05, 0.1) is 11.1 Å². The molecule has 0 radical (unpaired) electrons. The number of aromatic hydroxyl groups is 1. The predicted molar refractivity (Wildman–Crippen MR) is 93.5 cm³/mol. The molecule has 3 rings (SSSR count). The van der Waals surface area contributed by atoms with Crippen LogP contribution in [0.5, 0.6) is 5.75 Å². The van der Waals surface area contributed by atoms with Crippen LogP contribution in [0.4, 0.5) is 5.82 Å². The number of fused-ring (bicyclic) bond motifs is 1. The van der Waals surface area contributed by atoms with Crippen LogP contribution in [0.2, 0.25) is 0 Å². The molecule has 2 aromatic carbocycles. The number of aryl methyl sites for hydroxylation is 1. The highest BCUT2D eigenvalue weighted by atomic mass is 16.3. The van der Waals surface area contributed by atoms with E-state index in [2.05, 4.69) is 15.3 Å². The summed E-state index contributed by atoms with van der Waals surface area (Å²) in [6.07, 6.45) is 0. The lowest BCUT2D eigenvalue weighted by atomic mass is 10.1. The summed E-state index contributed by atoms with van der Waals surface area (Å²) >= 11 is 0. The number of anilines is 1.